The van der Waals surface area contributed by atoms with Crippen molar-refractivity contribution in [3.63, 3.8) is 0 Å². The van der Waals surface area contributed by atoms with Crippen molar-refractivity contribution in [2.45, 2.75) is 146 Å². The van der Waals surface area contributed by atoms with Gasteiger partial charge in [0.15, 0.2) is 0 Å². The van der Waals surface area contributed by atoms with Gasteiger partial charge in [-0.3, -0.25) is 0 Å². The van der Waals surface area contributed by atoms with Crippen molar-refractivity contribution < 1.29 is 20.3 Å². The number of allylic oxidation sites excluding steroid dienone is 2. The molecular weight excluding hydrogens is 903 g/mol. The summed E-state index contributed by atoms with van der Waals surface area (Å²) in [6.07, 6.45) is 8.28. The van der Waals surface area contributed by atoms with Crippen LogP contribution in [-0.4, -0.2) is 13.0 Å². The summed E-state index contributed by atoms with van der Waals surface area (Å²) >= 11 is -5.24. The standard InChI is InChI=1S/C33H37.C23H27O.C2H7Si.2ClH.Zr/c1-21-19-28-29(20-21)31(23-13-17-25(18-14-23)33(5,6)7)27-10-8-9-26(27)30(28)22-11-15-24(16-12-22)32(2,3)4;1-14-8-15(2)11-18(10-14)21-19-12-16(3)9-17(19)13-20(22(21)24-7)23(4,5)6;1-3-2;;;/h11-20H,8-10H2,1-7H3;8-13H,1-7H3;3H,1-2H3;2*1H;/q;;;;;+2/p-2. The van der Waals surface area contributed by atoms with E-state index in [0.717, 1.165) is 25.0 Å². The molecule has 0 fully saturated rings. The van der Waals surface area contributed by atoms with Gasteiger partial charge in [-0.15, -0.1) is 0 Å². The Bertz CT molecular complexity index is 2710. The monoisotopic (exact) mass is 971 g/mol. The molecule has 0 heterocycles. The topological polar surface area (TPSA) is 9.23 Å². The summed E-state index contributed by atoms with van der Waals surface area (Å²) in [6, 6.07) is 28.4. The van der Waals surface area contributed by atoms with E-state index in [1.54, 1.807) is 0 Å². The van der Waals surface area contributed by atoms with Crippen LogP contribution in [0.15, 0.2) is 83.9 Å². The number of benzene rings is 5. The predicted molar refractivity (Wildman–Crippen MR) is 277 cm³/mol. The summed E-state index contributed by atoms with van der Waals surface area (Å²) in [7, 11) is 20.2. The molecule has 0 N–H and O–H groups in total. The van der Waals surface area contributed by atoms with Crippen molar-refractivity contribution in [3.05, 3.63) is 145 Å². The predicted octanol–water partition coefficient (Wildman–Crippen LogP) is 17.3. The Morgan fingerprint density at radius 1 is 0.571 bits per heavy atom. The van der Waals surface area contributed by atoms with Crippen LogP contribution < -0.4 is 4.74 Å². The zero-order valence-electron chi connectivity index (χ0n) is 41.1. The van der Waals surface area contributed by atoms with Crippen LogP contribution in [0, 0.1) is 13.8 Å². The first-order valence-corrected chi connectivity index (χ1v) is 39.8. The first-order valence-electron chi connectivity index (χ1n) is 23.5. The summed E-state index contributed by atoms with van der Waals surface area (Å²) in [4.78, 5) is 0. The van der Waals surface area contributed by atoms with E-state index in [0.29, 0.717) is 0 Å². The molecule has 0 aliphatic heterocycles. The molecule has 0 bridgehead atoms. The molecule has 5 aromatic rings. The van der Waals surface area contributed by atoms with Gasteiger partial charge in [0.25, 0.3) is 0 Å². The van der Waals surface area contributed by atoms with Gasteiger partial charge in [-0.2, -0.15) is 0 Å². The Morgan fingerprint density at radius 2 is 1.05 bits per heavy atom. The average molecular weight is 974 g/mol. The fourth-order valence-corrected chi connectivity index (χ4v) is 44.6. The summed E-state index contributed by atoms with van der Waals surface area (Å²) in [5.74, 6) is -0.898. The first kappa shape index (κ1) is 46.6. The van der Waals surface area contributed by atoms with Gasteiger partial charge in [-0.05, 0) is 0 Å². The molecule has 331 valence electrons. The first-order chi connectivity index (χ1) is 29.3. The molecule has 5 aromatic carbocycles. The zero-order chi connectivity index (χ0) is 46.0. The number of methoxy groups -OCH3 is 1. The van der Waals surface area contributed by atoms with Gasteiger partial charge in [0.05, 0.1) is 0 Å². The molecule has 8 rings (SSSR count). The number of aryl methyl sites for hydroxylation is 2. The Labute approximate surface area is 389 Å². The minimum atomic E-state index is -5.24. The summed E-state index contributed by atoms with van der Waals surface area (Å²) in [6.45, 7) is 34.8. The van der Waals surface area contributed by atoms with E-state index in [1.165, 1.54) is 106 Å². The van der Waals surface area contributed by atoms with Crippen LogP contribution in [0.1, 0.15) is 151 Å². The number of ether oxygens (including phenoxy) is 1. The number of fused-ring (bicyclic) bond motifs is 3. The third-order valence-electron chi connectivity index (χ3n) is 15.1. The van der Waals surface area contributed by atoms with Gasteiger partial charge < -0.3 is 0 Å². The SMILES string of the molecule is COc1c(C(C)(C)C)cc2c(c1-c1cc(C)cc(C)c1)C=C(C)[CH]2[Zr]([Cl])([Cl])([CH]1C(C)=Cc2c(-c3ccc(C(C)(C)C)cc3)c3c(c(-c4ccc(C(C)(C)C)cc4)c21)CCC3)[SiH](C)C. The van der Waals surface area contributed by atoms with Gasteiger partial charge in [-0.1, -0.05) is 0 Å². The second kappa shape index (κ2) is 15.9. The third-order valence-corrected chi connectivity index (χ3v) is 67.3. The van der Waals surface area contributed by atoms with Crippen molar-refractivity contribution in [2.24, 2.45) is 0 Å². The molecule has 2 atom stereocenters. The summed E-state index contributed by atoms with van der Waals surface area (Å²) in [5.41, 5.74) is 25.1. The van der Waals surface area contributed by atoms with Gasteiger partial charge >= 0.3 is 393 Å². The molecule has 0 saturated heterocycles. The van der Waals surface area contributed by atoms with E-state index in [1.807, 2.05) is 7.11 Å². The molecule has 2 unspecified atom stereocenters. The van der Waals surface area contributed by atoms with Crippen molar-refractivity contribution in [1.29, 1.82) is 0 Å². The van der Waals surface area contributed by atoms with Crippen LogP contribution in [0.25, 0.3) is 45.5 Å². The second-order valence-corrected chi connectivity index (χ2v) is 65.5. The van der Waals surface area contributed by atoms with Gasteiger partial charge in [0.1, 0.15) is 0 Å². The quantitative estimate of drug-likeness (QED) is 0.148. The van der Waals surface area contributed by atoms with E-state index in [2.05, 4.69) is 188 Å². The Morgan fingerprint density at radius 3 is 1.52 bits per heavy atom. The minimum absolute atomic E-state index is 0.0450. The third kappa shape index (κ3) is 7.60. The van der Waals surface area contributed by atoms with Crippen molar-refractivity contribution in [3.8, 4) is 39.1 Å². The molecule has 63 heavy (non-hydrogen) atoms. The van der Waals surface area contributed by atoms with Crippen LogP contribution in [0.4, 0.5) is 0 Å². The Hall–Kier alpha value is -2.94. The fraction of sp³-hybridized carbons (Fsp3) is 0.414. The van der Waals surface area contributed by atoms with Gasteiger partial charge in [0.2, 0.25) is 0 Å². The molecule has 0 spiro atoms. The molecular formula is C58H71Cl2OSiZr. The number of halogens is 2. The summed E-state index contributed by atoms with van der Waals surface area (Å²) in [5, 5.41) is 0. The molecule has 1 nitrogen and oxygen atoms in total. The average Bonchev–Trinajstić information content (AvgIpc) is 3.90. The van der Waals surface area contributed by atoms with Crippen LogP contribution in [0.3, 0.4) is 0 Å². The maximum absolute atomic E-state index is 9.17. The number of hydrogen-bond acceptors (Lipinski definition) is 1. The van der Waals surface area contributed by atoms with Crippen molar-refractivity contribution in [2.75, 3.05) is 7.11 Å². The fourth-order valence-electron chi connectivity index (χ4n) is 11.9. The maximum atomic E-state index is 9.17. The zero-order valence-corrected chi connectivity index (χ0v) is 46.2. The van der Waals surface area contributed by atoms with E-state index in [4.69, 9.17) is 21.8 Å². The molecule has 3 aliphatic rings. The number of hydrogen-bond donors (Lipinski definition) is 0. The summed E-state index contributed by atoms with van der Waals surface area (Å²) < 4.78 is 6.40. The van der Waals surface area contributed by atoms with E-state index in [-0.39, 0.29) is 23.5 Å². The molecule has 0 radical (unpaired) electrons. The van der Waals surface area contributed by atoms with E-state index < -0.39 is 21.5 Å². The van der Waals surface area contributed by atoms with Gasteiger partial charge in [-0.25, -0.2) is 0 Å². The molecule has 0 saturated carbocycles. The van der Waals surface area contributed by atoms with E-state index >= 15 is 0 Å². The van der Waals surface area contributed by atoms with Crippen LogP contribution in [-0.2, 0) is 44.6 Å². The second-order valence-electron chi connectivity index (χ2n) is 23.0. The van der Waals surface area contributed by atoms with Gasteiger partial charge in [0, 0.05) is 0 Å². The Balaban J connectivity index is 1.47. The molecule has 0 amide bonds. The number of rotatable bonds is 7. The van der Waals surface area contributed by atoms with Crippen LogP contribution >= 0.6 is 17.0 Å². The van der Waals surface area contributed by atoms with Crippen LogP contribution in [0.2, 0.25) is 13.1 Å². The van der Waals surface area contributed by atoms with Crippen molar-refractivity contribution >= 4 is 35.1 Å². The Kier molecular flexibility index (Phi) is 11.7. The van der Waals surface area contributed by atoms with Crippen molar-refractivity contribution in [1.82, 2.24) is 0 Å². The molecule has 5 heteroatoms. The molecule has 0 aromatic heterocycles. The normalized spacial score (nSPS) is 18.2. The van der Waals surface area contributed by atoms with E-state index in [9.17, 15) is 0 Å². The van der Waals surface area contributed by atoms with Crippen LogP contribution in [0.5, 0.6) is 5.75 Å². The molecule has 3 aliphatic carbocycles.